The van der Waals surface area contributed by atoms with Gasteiger partial charge in [-0.25, -0.2) is 0 Å². The molecule has 20 heavy (non-hydrogen) atoms. The summed E-state index contributed by atoms with van der Waals surface area (Å²) in [6.07, 6.45) is -1.36. The first-order chi connectivity index (χ1) is 9.49. The van der Waals surface area contributed by atoms with Gasteiger partial charge in [-0.3, -0.25) is 4.98 Å². The molecule has 2 rings (SSSR count). The monoisotopic (exact) mass is 278 g/mol. The summed E-state index contributed by atoms with van der Waals surface area (Å²) in [5, 5.41) is 8.75. The first-order valence-corrected chi connectivity index (χ1v) is 5.65. The lowest BCUT2D eigenvalue weighted by Gasteiger charge is -2.10. The SMILES string of the molecule is N#CCc1ccncc1-c1ccc(OC(F)(F)F)cc1. The Kier molecular flexibility index (Phi) is 3.89. The van der Waals surface area contributed by atoms with Crippen molar-refractivity contribution < 1.29 is 17.9 Å². The molecule has 3 nitrogen and oxygen atoms in total. The highest BCUT2D eigenvalue weighted by Gasteiger charge is 2.30. The Morgan fingerprint density at radius 1 is 1.15 bits per heavy atom. The van der Waals surface area contributed by atoms with Crippen molar-refractivity contribution >= 4 is 0 Å². The minimum atomic E-state index is -4.71. The molecule has 0 bridgehead atoms. The lowest BCUT2D eigenvalue weighted by atomic mass is 10.0. The smallest absolute Gasteiger partial charge is 0.406 e. The number of hydrogen-bond acceptors (Lipinski definition) is 3. The van der Waals surface area contributed by atoms with E-state index in [2.05, 4.69) is 9.72 Å². The number of rotatable bonds is 3. The summed E-state index contributed by atoms with van der Waals surface area (Å²) in [4.78, 5) is 3.97. The molecule has 0 fully saturated rings. The molecule has 0 radical (unpaired) electrons. The van der Waals surface area contributed by atoms with Crippen molar-refractivity contribution in [1.82, 2.24) is 4.98 Å². The van der Waals surface area contributed by atoms with Gasteiger partial charge in [-0.2, -0.15) is 5.26 Å². The predicted octanol–water partition coefficient (Wildman–Crippen LogP) is 3.71. The second-order valence-electron chi connectivity index (χ2n) is 3.94. The second-order valence-corrected chi connectivity index (χ2v) is 3.94. The highest BCUT2D eigenvalue weighted by atomic mass is 19.4. The van der Waals surface area contributed by atoms with E-state index in [1.165, 1.54) is 24.3 Å². The number of benzene rings is 1. The molecular weight excluding hydrogens is 269 g/mol. The Balaban J connectivity index is 2.29. The van der Waals surface area contributed by atoms with E-state index in [1.807, 2.05) is 6.07 Å². The molecule has 1 aromatic heterocycles. The van der Waals surface area contributed by atoms with Crippen LogP contribution in [0.3, 0.4) is 0 Å². The van der Waals surface area contributed by atoms with Gasteiger partial charge in [-0.1, -0.05) is 12.1 Å². The van der Waals surface area contributed by atoms with E-state index in [-0.39, 0.29) is 12.2 Å². The zero-order valence-corrected chi connectivity index (χ0v) is 10.2. The second kappa shape index (κ2) is 5.61. The van der Waals surface area contributed by atoms with Gasteiger partial charge in [0.25, 0.3) is 0 Å². The van der Waals surface area contributed by atoms with Gasteiger partial charge in [0.1, 0.15) is 5.75 Å². The molecule has 0 aliphatic rings. The number of alkyl halides is 3. The van der Waals surface area contributed by atoms with E-state index in [9.17, 15) is 13.2 Å². The average molecular weight is 278 g/mol. The third-order valence-corrected chi connectivity index (χ3v) is 2.58. The van der Waals surface area contributed by atoms with Crippen LogP contribution >= 0.6 is 0 Å². The standard InChI is InChI=1S/C14H9F3N2O/c15-14(16,17)20-12-3-1-10(2-4-12)13-9-19-8-6-11(13)5-7-18/h1-4,6,8-9H,5H2. The Morgan fingerprint density at radius 3 is 2.45 bits per heavy atom. The first-order valence-electron chi connectivity index (χ1n) is 5.65. The molecule has 0 saturated heterocycles. The minimum absolute atomic E-state index is 0.207. The third-order valence-electron chi connectivity index (χ3n) is 2.58. The quantitative estimate of drug-likeness (QED) is 0.859. The van der Waals surface area contributed by atoms with Crippen LogP contribution in [0.25, 0.3) is 11.1 Å². The first kappa shape index (κ1) is 13.9. The van der Waals surface area contributed by atoms with Crippen LogP contribution in [0.15, 0.2) is 42.7 Å². The van der Waals surface area contributed by atoms with Gasteiger partial charge in [-0.05, 0) is 29.3 Å². The van der Waals surface area contributed by atoms with Gasteiger partial charge in [0, 0.05) is 18.0 Å². The maximum Gasteiger partial charge on any atom is 0.573 e. The largest absolute Gasteiger partial charge is 0.573 e. The molecule has 2 aromatic rings. The third kappa shape index (κ3) is 3.48. The highest BCUT2D eigenvalue weighted by Crippen LogP contribution is 2.28. The van der Waals surface area contributed by atoms with Crippen LogP contribution in [0, 0.1) is 11.3 Å². The molecule has 0 N–H and O–H groups in total. The van der Waals surface area contributed by atoms with Crippen molar-refractivity contribution in [1.29, 1.82) is 5.26 Å². The summed E-state index contributed by atoms with van der Waals surface area (Å²) in [6, 6.07) is 9.20. The van der Waals surface area contributed by atoms with Crippen molar-refractivity contribution in [3.05, 3.63) is 48.3 Å². The lowest BCUT2D eigenvalue weighted by Crippen LogP contribution is -2.16. The van der Waals surface area contributed by atoms with Crippen LogP contribution in [0.5, 0.6) is 5.75 Å². The van der Waals surface area contributed by atoms with Gasteiger partial charge < -0.3 is 4.74 Å². The maximum absolute atomic E-state index is 12.1. The molecule has 0 saturated carbocycles. The number of hydrogen-bond donors (Lipinski definition) is 0. The van der Waals surface area contributed by atoms with E-state index in [0.29, 0.717) is 11.1 Å². The Hall–Kier alpha value is -2.55. The van der Waals surface area contributed by atoms with Gasteiger partial charge >= 0.3 is 6.36 Å². The molecule has 1 heterocycles. The van der Waals surface area contributed by atoms with Crippen molar-refractivity contribution in [3.8, 4) is 22.9 Å². The van der Waals surface area contributed by atoms with Crippen LogP contribution in [0.4, 0.5) is 13.2 Å². The molecule has 6 heteroatoms. The molecule has 0 aliphatic heterocycles. The predicted molar refractivity (Wildman–Crippen MR) is 65.7 cm³/mol. The van der Waals surface area contributed by atoms with Crippen molar-refractivity contribution in [2.24, 2.45) is 0 Å². The lowest BCUT2D eigenvalue weighted by molar-refractivity contribution is -0.274. The summed E-state index contributed by atoms with van der Waals surface area (Å²) in [6.45, 7) is 0. The fourth-order valence-electron chi connectivity index (χ4n) is 1.76. The number of aromatic nitrogens is 1. The zero-order valence-electron chi connectivity index (χ0n) is 10.2. The van der Waals surface area contributed by atoms with Crippen LogP contribution in [-0.2, 0) is 6.42 Å². The summed E-state index contributed by atoms with van der Waals surface area (Å²) in [5.41, 5.74) is 2.16. The summed E-state index contributed by atoms with van der Waals surface area (Å²) >= 11 is 0. The normalized spacial score (nSPS) is 10.9. The van der Waals surface area contributed by atoms with Crippen molar-refractivity contribution in [3.63, 3.8) is 0 Å². The topological polar surface area (TPSA) is 45.9 Å². The highest BCUT2D eigenvalue weighted by molar-refractivity contribution is 5.67. The molecule has 0 amide bonds. The van der Waals surface area contributed by atoms with Gasteiger partial charge in [-0.15, -0.1) is 13.2 Å². The molecule has 0 unspecified atom stereocenters. The number of nitriles is 1. The summed E-state index contributed by atoms with van der Waals surface area (Å²) in [7, 11) is 0. The van der Waals surface area contributed by atoms with E-state index in [4.69, 9.17) is 5.26 Å². The van der Waals surface area contributed by atoms with Gasteiger partial charge in [0.2, 0.25) is 0 Å². The molecule has 1 aromatic carbocycles. The van der Waals surface area contributed by atoms with Crippen LogP contribution in [0.2, 0.25) is 0 Å². The molecule has 0 spiro atoms. The van der Waals surface area contributed by atoms with Crippen molar-refractivity contribution in [2.45, 2.75) is 12.8 Å². The molecule has 0 atom stereocenters. The zero-order chi connectivity index (χ0) is 14.6. The summed E-state index contributed by atoms with van der Waals surface area (Å²) in [5.74, 6) is -0.285. The fourth-order valence-corrected chi connectivity index (χ4v) is 1.76. The average Bonchev–Trinajstić information content (AvgIpc) is 2.39. The number of nitrogens with zero attached hydrogens (tertiary/aromatic N) is 2. The van der Waals surface area contributed by atoms with Crippen molar-refractivity contribution in [2.75, 3.05) is 0 Å². The molecular formula is C14H9F3N2O. The Morgan fingerprint density at radius 2 is 1.85 bits per heavy atom. The van der Waals surface area contributed by atoms with Crippen LogP contribution < -0.4 is 4.74 Å². The summed E-state index contributed by atoms with van der Waals surface area (Å²) < 4.78 is 40.0. The number of pyridine rings is 1. The number of halogens is 3. The number of ether oxygens (including phenoxy) is 1. The van der Waals surface area contributed by atoms with E-state index >= 15 is 0 Å². The van der Waals surface area contributed by atoms with E-state index in [0.717, 1.165) is 5.56 Å². The molecule has 102 valence electrons. The Bertz CT molecular complexity index is 630. The van der Waals surface area contributed by atoms with Gasteiger partial charge in [0.05, 0.1) is 12.5 Å². The van der Waals surface area contributed by atoms with E-state index in [1.54, 1.807) is 18.5 Å². The molecule has 0 aliphatic carbocycles. The maximum atomic E-state index is 12.1. The Labute approximate surface area is 113 Å². The van der Waals surface area contributed by atoms with Crippen LogP contribution in [-0.4, -0.2) is 11.3 Å². The van der Waals surface area contributed by atoms with Crippen LogP contribution in [0.1, 0.15) is 5.56 Å². The fraction of sp³-hybridized carbons (Fsp3) is 0.143. The minimum Gasteiger partial charge on any atom is -0.406 e. The van der Waals surface area contributed by atoms with Gasteiger partial charge in [0.15, 0.2) is 0 Å². The van der Waals surface area contributed by atoms with E-state index < -0.39 is 6.36 Å².